The maximum atomic E-state index is 9.67. The molecular weight excluding hydrogens is 376 g/mol. The number of oxime groups is 1. The summed E-state index contributed by atoms with van der Waals surface area (Å²) in [7, 11) is 5.61. The average Bonchev–Trinajstić information content (AvgIpc) is 3.56. The van der Waals surface area contributed by atoms with Crippen molar-refractivity contribution in [3.8, 4) is 0 Å². The Morgan fingerprint density at radius 3 is 2.47 bits per heavy atom. The fourth-order valence-electron chi connectivity index (χ4n) is 3.70. The molecule has 0 unspecified atom stereocenters. The van der Waals surface area contributed by atoms with Gasteiger partial charge in [0.15, 0.2) is 0 Å². The molecule has 0 radical (unpaired) electrons. The number of nitrogen functional groups attached to an aromatic ring is 1. The smallest absolute Gasteiger partial charge is 0.106 e. The van der Waals surface area contributed by atoms with E-state index in [1.54, 1.807) is 7.11 Å². The number of rotatable bonds is 8. The van der Waals surface area contributed by atoms with Crippen LogP contribution >= 0.6 is 0 Å². The van der Waals surface area contributed by atoms with Crippen LogP contribution in [-0.4, -0.2) is 50.4 Å². The molecule has 0 aromatic heterocycles. The number of nitrogens with two attached hydrogens (primary N) is 1. The quantitative estimate of drug-likeness (QED) is 0.293. The number of aliphatic hydroxyl groups excluding tert-OH is 1. The number of hydrogen-bond donors (Lipinski definition) is 2. The van der Waals surface area contributed by atoms with Crippen LogP contribution in [0.4, 0.5) is 11.4 Å². The van der Waals surface area contributed by atoms with E-state index in [0.29, 0.717) is 11.6 Å². The van der Waals surface area contributed by atoms with Crippen LogP contribution in [0.2, 0.25) is 0 Å². The zero-order chi connectivity index (χ0) is 21.5. The molecule has 30 heavy (non-hydrogen) atoms. The molecule has 6 nitrogen and oxygen atoms in total. The van der Waals surface area contributed by atoms with Crippen molar-refractivity contribution in [3.63, 3.8) is 0 Å². The van der Waals surface area contributed by atoms with Crippen molar-refractivity contribution >= 4 is 29.4 Å². The Hall–Kier alpha value is -2.60. The molecule has 6 heteroatoms. The summed E-state index contributed by atoms with van der Waals surface area (Å²) in [5, 5.41) is 13.8. The molecule has 0 spiro atoms. The Bertz CT molecular complexity index is 830. The van der Waals surface area contributed by atoms with E-state index in [4.69, 9.17) is 15.6 Å². The van der Waals surface area contributed by atoms with Gasteiger partial charge in [0, 0.05) is 43.2 Å². The number of nitrogens with zero attached hydrogens (tertiary/aromatic N) is 3. The van der Waals surface area contributed by atoms with Gasteiger partial charge in [-0.1, -0.05) is 23.4 Å². The topological polar surface area (TPSA) is 83.4 Å². The Labute approximate surface area is 179 Å². The maximum Gasteiger partial charge on any atom is 0.106 e. The Balaban J connectivity index is 1.76. The fourth-order valence-corrected chi connectivity index (χ4v) is 3.70. The van der Waals surface area contributed by atoms with Crippen LogP contribution in [0, 0.1) is 5.92 Å². The van der Waals surface area contributed by atoms with Gasteiger partial charge in [0.2, 0.25) is 0 Å². The first kappa shape index (κ1) is 22.1. The molecule has 0 aliphatic heterocycles. The van der Waals surface area contributed by atoms with Gasteiger partial charge in [-0.25, -0.2) is 0 Å². The molecule has 1 aromatic rings. The number of hydrogen-bond acceptors (Lipinski definition) is 6. The average molecular weight is 411 g/mol. The lowest BCUT2D eigenvalue weighted by atomic mass is 9.93. The van der Waals surface area contributed by atoms with E-state index in [0.717, 1.165) is 48.2 Å². The summed E-state index contributed by atoms with van der Waals surface area (Å²) in [6.07, 6.45) is 15.7. The molecule has 0 amide bonds. The lowest BCUT2D eigenvalue weighted by Crippen LogP contribution is -2.20. The van der Waals surface area contributed by atoms with Gasteiger partial charge in [0.05, 0.1) is 17.9 Å². The Kier molecular flexibility index (Phi) is 7.69. The zero-order valence-electron chi connectivity index (χ0n) is 18.3. The molecule has 0 atom stereocenters. The zero-order valence-corrected chi connectivity index (χ0v) is 18.3. The van der Waals surface area contributed by atoms with Crippen LogP contribution in [-0.2, 0) is 4.84 Å². The minimum Gasteiger partial charge on any atom is -0.399 e. The molecule has 3 rings (SSSR count). The molecular formula is C24H34N4O2. The molecule has 0 bridgehead atoms. The molecule has 162 valence electrons. The van der Waals surface area contributed by atoms with Gasteiger partial charge in [-0.15, -0.1) is 0 Å². The molecule has 2 fully saturated rings. The molecule has 2 saturated carbocycles. The standard InChI is InChI=1S/C24H34N4O2/c1-28(2)24-15-22(25)19(16-26-20-10-12-21(29)13-11-20)14-18(24)6-4-5-7-23(27-30-3)17-8-9-17/h4-7,14-17,20-21,29H,8-13,25H2,1-3H3/b6-4+,7-5-,26-16?,27-23-. The number of benzene rings is 1. The maximum absolute atomic E-state index is 9.67. The van der Waals surface area contributed by atoms with Gasteiger partial charge in [-0.3, -0.25) is 4.99 Å². The summed E-state index contributed by atoms with van der Waals surface area (Å²) < 4.78 is 0. The second-order valence-corrected chi connectivity index (χ2v) is 8.37. The van der Waals surface area contributed by atoms with Crippen LogP contribution < -0.4 is 10.6 Å². The highest BCUT2D eigenvalue weighted by Gasteiger charge is 2.26. The number of aliphatic hydroxyl groups is 1. The van der Waals surface area contributed by atoms with Crippen LogP contribution in [0.1, 0.15) is 49.7 Å². The summed E-state index contributed by atoms with van der Waals surface area (Å²) in [5.74, 6) is 0.534. The van der Waals surface area contributed by atoms with Crippen LogP contribution in [0.25, 0.3) is 6.08 Å². The molecule has 3 N–H and O–H groups in total. The van der Waals surface area contributed by atoms with Crippen LogP contribution in [0.5, 0.6) is 0 Å². The minimum atomic E-state index is -0.167. The molecule has 0 heterocycles. The van der Waals surface area contributed by atoms with Crippen LogP contribution in [0.15, 0.2) is 40.5 Å². The first-order chi connectivity index (χ1) is 14.5. The first-order valence-corrected chi connectivity index (χ1v) is 10.8. The summed E-state index contributed by atoms with van der Waals surface area (Å²) in [4.78, 5) is 11.7. The van der Waals surface area contributed by atoms with E-state index in [2.05, 4.69) is 22.2 Å². The fraction of sp³-hybridized carbons (Fsp3) is 0.500. The number of anilines is 2. The molecule has 2 aliphatic carbocycles. The van der Waals surface area contributed by atoms with Crippen molar-refractivity contribution < 1.29 is 9.94 Å². The highest BCUT2D eigenvalue weighted by molar-refractivity contribution is 5.98. The number of allylic oxidation sites excluding steroid dienone is 3. The lowest BCUT2D eigenvalue weighted by Gasteiger charge is -2.22. The number of aliphatic imine (C=N–C) groups is 1. The highest BCUT2D eigenvalue weighted by atomic mass is 16.6. The lowest BCUT2D eigenvalue weighted by molar-refractivity contribution is 0.123. The van der Waals surface area contributed by atoms with E-state index in [9.17, 15) is 5.11 Å². The summed E-state index contributed by atoms with van der Waals surface area (Å²) >= 11 is 0. The van der Waals surface area contributed by atoms with Gasteiger partial charge in [-0.2, -0.15) is 0 Å². The second-order valence-electron chi connectivity index (χ2n) is 8.37. The van der Waals surface area contributed by atoms with E-state index < -0.39 is 0 Å². The largest absolute Gasteiger partial charge is 0.399 e. The predicted octanol–water partition coefficient (Wildman–Crippen LogP) is 4.04. The van der Waals surface area contributed by atoms with Crippen molar-refractivity contribution in [2.75, 3.05) is 31.8 Å². The monoisotopic (exact) mass is 410 g/mol. The van der Waals surface area contributed by atoms with Crippen molar-refractivity contribution in [1.29, 1.82) is 0 Å². The summed E-state index contributed by atoms with van der Waals surface area (Å²) in [5.41, 5.74) is 11.1. The third-order valence-corrected chi connectivity index (χ3v) is 5.65. The van der Waals surface area contributed by atoms with Gasteiger partial charge in [0.1, 0.15) is 7.11 Å². The van der Waals surface area contributed by atoms with Crippen LogP contribution in [0.3, 0.4) is 0 Å². The van der Waals surface area contributed by atoms with Crippen molar-refractivity contribution in [2.45, 2.75) is 50.7 Å². The third kappa shape index (κ3) is 6.20. The minimum absolute atomic E-state index is 0.167. The normalized spacial score (nSPS) is 23.0. The van der Waals surface area contributed by atoms with E-state index in [-0.39, 0.29) is 12.1 Å². The predicted molar refractivity (Wildman–Crippen MR) is 126 cm³/mol. The van der Waals surface area contributed by atoms with Gasteiger partial charge in [-0.05, 0) is 62.3 Å². The second kappa shape index (κ2) is 10.4. The molecule has 0 saturated heterocycles. The van der Waals surface area contributed by atoms with Crippen molar-refractivity contribution in [3.05, 3.63) is 41.5 Å². The van der Waals surface area contributed by atoms with Gasteiger partial charge >= 0.3 is 0 Å². The SMILES string of the molecule is CO/N=C(/C=C\C=C\c1cc(C=NC2CCC(O)CC2)c(N)cc1N(C)C)C1CC1. The van der Waals surface area contributed by atoms with Gasteiger partial charge in [0.25, 0.3) is 0 Å². The van der Waals surface area contributed by atoms with E-state index in [1.807, 2.05) is 44.6 Å². The van der Waals surface area contributed by atoms with Gasteiger partial charge < -0.3 is 20.6 Å². The Morgan fingerprint density at radius 2 is 1.83 bits per heavy atom. The molecule has 1 aromatic carbocycles. The van der Waals surface area contributed by atoms with Crippen molar-refractivity contribution in [2.24, 2.45) is 16.1 Å². The summed E-state index contributed by atoms with van der Waals surface area (Å²) in [6, 6.07) is 4.35. The van der Waals surface area contributed by atoms with E-state index >= 15 is 0 Å². The van der Waals surface area contributed by atoms with Crippen molar-refractivity contribution in [1.82, 2.24) is 0 Å². The Morgan fingerprint density at radius 1 is 1.10 bits per heavy atom. The van der Waals surface area contributed by atoms with E-state index in [1.165, 1.54) is 12.8 Å². The highest BCUT2D eigenvalue weighted by Crippen LogP contribution is 2.31. The first-order valence-electron chi connectivity index (χ1n) is 10.8. The third-order valence-electron chi connectivity index (χ3n) is 5.65. The summed E-state index contributed by atoms with van der Waals surface area (Å²) in [6.45, 7) is 0. The molecule has 2 aliphatic rings.